The molecule has 0 aliphatic carbocycles. The van der Waals surface area contributed by atoms with Gasteiger partial charge in [0.2, 0.25) is 9.84 Å². The lowest BCUT2D eigenvalue weighted by Crippen LogP contribution is -2.12. The molecule has 3 aromatic rings. The normalized spacial score (nSPS) is 11.2. The second kappa shape index (κ2) is 8.04. The number of halogens is 1. The number of sulfone groups is 1. The zero-order valence-corrected chi connectivity index (χ0v) is 16.7. The molecule has 3 rings (SSSR count). The van der Waals surface area contributed by atoms with Gasteiger partial charge in [-0.2, -0.15) is 5.10 Å². The van der Waals surface area contributed by atoms with E-state index in [0.29, 0.717) is 10.8 Å². The van der Waals surface area contributed by atoms with E-state index in [4.69, 9.17) is 16.3 Å². The van der Waals surface area contributed by atoms with Gasteiger partial charge in [0, 0.05) is 12.5 Å². The van der Waals surface area contributed by atoms with Gasteiger partial charge in [0.05, 0.1) is 34.6 Å². The molecule has 0 spiro atoms. The maximum Gasteiger partial charge on any atom is 0.303 e. The number of carbonyl (C=O) groups is 1. The van der Waals surface area contributed by atoms with Crippen LogP contribution in [-0.4, -0.2) is 37.2 Å². The van der Waals surface area contributed by atoms with Crippen LogP contribution in [0.4, 0.5) is 0 Å². The lowest BCUT2D eigenvalue weighted by atomic mass is 10.1. The summed E-state index contributed by atoms with van der Waals surface area (Å²) in [6.07, 6.45) is 1.64. The number of aromatic nitrogens is 2. The Labute approximate surface area is 167 Å². The Morgan fingerprint density at radius 2 is 1.86 bits per heavy atom. The molecule has 28 heavy (non-hydrogen) atoms. The van der Waals surface area contributed by atoms with E-state index in [2.05, 4.69) is 9.84 Å². The monoisotopic (exact) mass is 420 g/mol. The van der Waals surface area contributed by atoms with Crippen molar-refractivity contribution in [2.45, 2.75) is 11.8 Å². The van der Waals surface area contributed by atoms with Gasteiger partial charge in [-0.1, -0.05) is 23.7 Å². The Kier molecular flexibility index (Phi) is 5.71. The van der Waals surface area contributed by atoms with Crippen molar-refractivity contribution in [2.24, 2.45) is 0 Å². The summed E-state index contributed by atoms with van der Waals surface area (Å²) < 4.78 is 35.9. The van der Waals surface area contributed by atoms with Gasteiger partial charge >= 0.3 is 5.97 Å². The molecule has 0 aliphatic rings. The zero-order valence-electron chi connectivity index (χ0n) is 15.1. The summed E-state index contributed by atoms with van der Waals surface area (Å²) in [7, 11) is -2.17. The molecular formula is C19H17ClN2O5S. The van der Waals surface area contributed by atoms with Gasteiger partial charge in [0.1, 0.15) is 5.75 Å². The van der Waals surface area contributed by atoms with Crippen LogP contribution < -0.4 is 4.74 Å². The molecule has 0 radical (unpaired) electrons. The minimum atomic E-state index is -3.71. The third-order valence-electron chi connectivity index (χ3n) is 3.95. The standard InChI is InChI=1S/C19H17ClN2O5S/c1-13(23)27-12-28(24,25)16-6-3-14(4-7-16)18-9-10-21-22(18)15-5-8-19(26-2)17(20)11-15/h3-11H,12H2,1-2H3. The van der Waals surface area contributed by atoms with Gasteiger partial charge in [0.25, 0.3) is 0 Å². The predicted octanol–water partition coefficient (Wildman–Crippen LogP) is 3.50. The first-order valence-corrected chi connectivity index (χ1v) is 10.2. The number of methoxy groups -OCH3 is 1. The number of benzene rings is 2. The van der Waals surface area contributed by atoms with Gasteiger partial charge < -0.3 is 9.47 Å². The first-order chi connectivity index (χ1) is 13.3. The van der Waals surface area contributed by atoms with Crippen molar-refractivity contribution < 1.29 is 22.7 Å². The summed E-state index contributed by atoms with van der Waals surface area (Å²) in [5, 5.41) is 4.77. The van der Waals surface area contributed by atoms with Crippen molar-refractivity contribution in [1.82, 2.24) is 9.78 Å². The lowest BCUT2D eigenvalue weighted by Gasteiger charge is -2.11. The maximum absolute atomic E-state index is 12.2. The highest BCUT2D eigenvalue weighted by Gasteiger charge is 2.17. The summed E-state index contributed by atoms with van der Waals surface area (Å²) in [6, 6.07) is 13.4. The van der Waals surface area contributed by atoms with Crippen molar-refractivity contribution in [2.75, 3.05) is 13.0 Å². The quantitative estimate of drug-likeness (QED) is 0.567. The highest BCUT2D eigenvalue weighted by Crippen LogP contribution is 2.29. The highest BCUT2D eigenvalue weighted by atomic mass is 35.5. The molecule has 0 amide bonds. The van der Waals surface area contributed by atoms with E-state index in [-0.39, 0.29) is 4.90 Å². The molecular weight excluding hydrogens is 404 g/mol. The van der Waals surface area contributed by atoms with E-state index in [1.165, 1.54) is 19.2 Å². The van der Waals surface area contributed by atoms with E-state index in [1.807, 2.05) is 6.07 Å². The zero-order chi connectivity index (χ0) is 20.3. The fourth-order valence-electron chi connectivity index (χ4n) is 2.58. The Morgan fingerprint density at radius 1 is 1.14 bits per heavy atom. The molecule has 0 bridgehead atoms. The van der Waals surface area contributed by atoms with Crippen LogP contribution in [0, 0.1) is 0 Å². The van der Waals surface area contributed by atoms with Gasteiger partial charge in [-0.05, 0) is 36.4 Å². The number of nitrogens with zero attached hydrogens (tertiary/aromatic N) is 2. The molecule has 0 saturated heterocycles. The maximum atomic E-state index is 12.2. The largest absolute Gasteiger partial charge is 0.495 e. The summed E-state index contributed by atoms with van der Waals surface area (Å²) >= 11 is 6.20. The van der Waals surface area contributed by atoms with Crippen molar-refractivity contribution in [1.29, 1.82) is 0 Å². The van der Waals surface area contributed by atoms with E-state index in [9.17, 15) is 13.2 Å². The Morgan fingerprint density at radius 3 is 2.46 bits per heavy atom. The van der Waals surface area contributed by atoms with Crippen LogP contribution in [0.2, 0.25) is 5.02 Å². The van der Waals surface area contributed by atoms with Crippen LogP contribution in [0.5, 0.6) is 5.75 Å². The van der Waals surface area contributed by atoms with E-state index in [0.717, 1.165) is 23.9 Å². The van der Waals surface area contributed by atoms with Crippen molar-refractivity contribution >= 4 is 27.4 Å². The molecule has 0 atom stereocenters. The number of esters is 1. The predicted molar refractivity (Wildman–Crippen MR) is 104 cm³/mol. The Balaban J connectivity index is 1.91. The first kappa shape index (κ1) is 19.9. The second-order valence-electron chi connectivity index (χ2n) is 5.84. The highest BCUT2D eigenvalue weighted by molar-refractivity contribution is 7.91. The molecule has 0 fully saturated rings. The average molecular weight is 421 g/mol. The molecule has 0 unspecified atom stereocenters. The smallest absolute Gasteiger partial charge is 0.303 e. The van der Waals surface area contributed by atoms with Crippen LogP contribution in [0.1, 0.15) is 6.92 Å². The Hall–Kier alpha value is -2.84. The molecule has 9 heteroatoms. The van der Waals surface area contributed by atoms with Gasteiger partial charge in [-0.15, -0.1) is 0 Å². The third-order valence-corrected chi connectivity index (χ3v) is 5.66. The van der Waals surface area contributed by atoms with Gasteiger partial charge in [0.15, 0.2) is 5.94 Å². The molecule has 0 saturated carbocycles. The number of rotatable bonds is 6. The average Bonchev–Trinajstić information content (AvgIpc) is 3.16. The molecule has 0 aliphatic heterocycles. The van der Waals surface area contributed by atoms with Crippen LogP contribution in [0.3, 0.4) is 0 Å². The molecule has 2 aromatic carbocycles. The first-order valence-electron chi connectivity index (χ1n) is 8.16. The minimum absolute atomic E-state index is 0.0658. The van der Waals surface area contributed by atoms with E-state index in [1.54, 1.807) is 41.2 Å². The molecule has 0 N–H and O–H groups in total. The fourth-order valence-corrected chi connectivity index (χ4v) is 3.84. The third kappa shape index (κ3) is 4.18. The minimum Gasteiger partial charge on any atom is -0.495 e. The topological polar surface area (TPSA) is 87.5 Å². The summed E-state index contributed by atoms with van der Waals surface area (Å²) in [5.41, 5.74) is 2.25. The van der Waals surface area contributed by atoms with Crippen LogP contribution >= 0.6 is 11.6 Å². The lowest BCUT2D eigenvalue weighted by molar-refractivity contribution is -0.138. The SMILES string of the molecule is COc1ccc(-n2nccc2-c2ccc(S(=O)(=O)COC(C)=O)cc2)cc1Cl. The summed E-state index contributed by atoms with van der Waals surface area (Å²) in [5.74, 6) is -0.784. The molecule has 146 valence electrons. The number of hydrogen-bond acceptors (Lipinski definition) is 6. The van der Waals surface area contributed by atoms with Crippen LogP contribution in [0.25, 0.3) is 16.9 Å². The molecule has 7 nitrogen and oxygen atoms in total. The summed E-state index contributed by atoms with van der Waals surface area (Å²) in [4.78, 5) is 10.9. The fraction of sp³-hybridized carbons (Fsp3) is 0.158. The van der Waals surface area contributed by atoms with Crippen molar-refractivity contribution in [3.8, 4) is 22.7 Å². The van der Waals surface area contributed by atoms with Gasteiger partial charge in [-0.25, -0.2) is 13.1 Å². The van der Waals surface area contributed by atoms with Crippen molar-refractivity contribution in [3.05, 3.63) is 59.8 Å². The van der Waals surface area contributed by atoms with Crippen LogP contribution in [0.15, 0.2) is 59.6 Å². The molecule has 1 heterocycles. The summed E-state index contributed by atoms with van der Waals surface area (Å²) in [6.45, 7) is 1.16. The number of hydrogen-bond donors (Lipinski definition) is 0. The van der Waals surface area contributed by atoms with Gasteiger partial charge in [-0.3, -0.25) is 4.79 Å². The number of ether oxygens (including phenoxy) is 2. The molecule has 1 aromatic heterocycles. The Bertz CT molecular complexity index is 1110. The van der Waals surface area contributed by atoms with E-state index >= 15 is 0 Å². The second-order valence-corrected chi connectivity index (χ2v) is 8.18. The van der Waals surface area contributed by atoms with Crippen LogP contribution in [-0.2, 0) is 19.4 Å². The van der Waals surface area contributed by atoms with Crippen molar-refractivity contribution in [3.63, 3.8) is 0 Å². The number of carbonyl (C=O) groups excluding carboxylic acids is 1. The van der Waals surface area contributed by atoms with E-state index < -0.39 is 21.7 Å².